The molecule has 0 bridgehead atoms. The minimum Gasteiger partial charge on any atom is -0.326 e. The molecule has 0 saturated heterocycles. The summed E-state index contributed by atoms with van der Waals surface area (Å²) in [5, 5.41) is 0. The van der Waals surface area contributed by atoms with Crippen molar-refractivity contribution in [3.05, 3.63) is 46.5 Å². The number of hydrogen-bond acceptors (Lipinski definition) is 3. The van der Waals surface area contributed by atoms with Gasteiger partial charge in [-0.25, -0.2) is 5.48 Å². The Morgan fingerprint density at radius 3 is 2.52 bits per heavy atom. The van der Waals surface area contributed by atoms with Gasteiger partial charge < -0.3 is 5.73 Å². The van der Waals surface area contributed by atoms with E-state index >= 15 is 0 Å². The van der Waals surface area contributed by atoms with Crippen LogP contribution in [0.15, 0.2) is 29.8 Å². The molecule has 0 aromatic heterocycles. The van der Waals surface area contributed by atoms with Crippen molar-refractivity contribution in [2.75, 3.05) is 0 Å². The van der Waals surface area contributed by atoms with Gasteiger partial charge in [0.2, 0.25) is 0 Å². The molecular weight excluding hydrogens is 264 g/mol. The SMILES string of the molecule is CC(C)=CCc1cccc(C(=O)NOC(C)(C)C)c1CN. The number of hydrogen-bond donors (Lipinski definition) is 2. The van der Waals surface area contributed by atoms with E-state index in [9.17, 15) is 4.79 Å². The normalized spacial score (nSPS) is 11.1. The molecule has 1 aromatic carbocycles. The average molecular weight is 290 g/mol. The van der Waals surface area contributed by atoms with Crippen molar-refractivity contribution in [2.24, 2.45) is 5.73 Å². The summed E-state index contributed by atoms with van der Waals surface area (Å²) < 4.78 is 0. The van der Waals surface area contributed by atoms with E-state index in [-0.39, 0.29) is 5.91 Å². The van der Waals surface area contributed by atoms with Gasteiger partial charge in [-0.15, -0.1) is 0 Å². The molecule has 4 heteroatoms. The summed E-state index contributed by atoms with van der Waals surface area (Å²) in [6.45, 7) is 10.1. The molecule has 0 atom stereocenters. The predicted molar refractivity (Wildman–Crippen MR) is 85.8 cm³/mol. The smallest absolute Gasteiger partial charge is 0.275 e. The standard InChI is InChI=1S/C17H26N2O2/c1-12(2)9-10-13-7-6-8-14(15(13)11-18)16(20)19-21-17(3,4)5/h6-9H,10-11,18H2,1-5H3,(H,19,20). The van der Waals surface area contributed by atoms with Gasteiger partial charge in [0.25, 0.3) is 5.91 Å². The molecule has 0 aliphatic heterocycles. The maximum Gasteiger partial charge on any atom is 0.275 e. The Labute approximate surface area is 127 Å². The van der Waals surface area contributed by atoms with Crippen LogP contribution in [-0.2, 0) is 17.8 Å². The summed E-state index contributed by atoms with van der Waals surface area (Å²) in [4.78, 5) is 17.6. The van der Waals surface area contributed by atoms with Crippen molar-refractivity contribution in [3.8, 4) is 0 Å². The second-order valence-electron chi connectivity index (χ2n) is 6.28. The summed E-state index contributed by atoms with van der Waals surface area (Å²) in [6.07, 6.45) is 2.90. The summed E-state index contributed by atoms with van der Waals surface area (Å²) in [5.74, 6) is -0.260. The molecule has 0 unspecified atom stereocenters. The van der Waals surface area contributed by atoms with Crippen LogP contribution in [0.1, 0.15) is 56.1 Å². The van der Waals surface area contributed by atoms with Crippen molar-refractivity contribution < 1.29 is 9.63 Å². The highest BCUT2D eigenvalue weighted by molar-refractivity contribution is 5.95. The molecule has 3 N–H and O–H groups in total. The molecule has 1 rings (SSSR count). The first-order chi connectivity index (χ1) is 9.74. The number of amides is 1. The number of benzene rings is 1. The van der Waals surface area contributed by atoms with Crippen LogP contribution in [0.3, 0.4) is 0 Å². The maximum absolute atomic E-state index is 12.3. The van der Waals surface area contributed by atoms with Crippen molar-refractivity contribution >= 4 is 5.91 Å². The monoisotopic (exact) mass is 290 g/mol. The van der Waals surface area contributed by atoms with Crippen LogP contribution >= 0.6 is 0 Å². The second-order valence-corrected chi connectivity index (χ2v) is 6.28. The van der Waals surface area contributed by atoms with E-state index in [2.05, 4.69) is 25.4 Å². The Hall–Kier alpha value is -1.65. The maximum atomic E-state index is 12.3. The molecule has 0 aliphatic carbocycles. The third-order valence-electron chi connectivity index (χ3n) is 2.90. The molecule has 116 valence electrons. The molecule has 4 nitrogen and oxygen atoms in total. The van der Waals surface area contributed by atoms with Crippen molar-refractivity contribution in [3.63, 3.8) is 0 Å². The molecule has 0 saturated carbocycles. The molecule has 0 radical (unpaired) electrons. The van der Waals surface area contributed by atoms with Crippen LogP contribution < -0.4 is 11.2 Å². The van der Waals surface area contributed by atoms with Gasteiger partial charge in [-0.3, -0.25) is 9.63 Å². The molecule has 21 heavy (non-hydrogen) atoms. The summed E-state index contributed by atoms with van der Waals surface area (Å²) in [6, 6.07) is 5.65. The van der Waals surface area contributed by atoms with Crippen molar-refractivity contribution in [1.82, 2.24) is 5.48 Å². The number of hydroxylamine groups is 1. The van der Waals surface area contributed by atoms with Gasteiger partial charge in [-0.2, -0.15) is 0 Å². The molecule has 0 aliphatic rings. The van der Waals surface area contributed by atoms with E-state index < -0.39 is 5.60 Å². The summed E-state index contributed by atoms with van der Waals surface area (Å²) in [7, 11) is 0. The lowest BCUT2D eigenvalue weighted by Gasteiger charge is -2.20. The van der Waals surface area contributed by atoms with Crippen LogP contribution in [0.4, 0.5) is 0 Å². The average Bonchev–Trinajstić information content (AvgIpc) is 2.41. The fourth-order valence-electron chi connectivity index (χ4n) is 1.85. The van der Waals surface area contributed by atoms with E-state index in [1.165, 1.54) is 5.57 Å². The topological polar surface area (TPSA) is 64.3 Å². The summed E-state index contributed by atoms with van der Waals surface area (Å²) >= 11 is 0. The Balaban J connectivity index is 2.99. The van der Waals surface area contributed by atoms with Gasteiger partial charge in [-0.1, -0.05) is 23.8 Å². The van der Waals surface area contributed by atoms with Gasteiger partial charge in [0.15, 0.2) is 0 Å². The lowest BCUT2D eigenvalue weighted by Crippen LogP contribution is -2.34. The first-order valence-corrected chi connectivity index (χ1v) is 7.17. The lowest BCUT2D eigenvalue weighted by atomic mass is 9.97. The third-order valence-corrected chi connectivity index (χ3v) is 2.90. The molecular formula is C17H26N2O2. The van der Waals surface area contributed by atoms with Crippen LogP contribution in [0.2, 0.25) is 0 Å². The highest BCUT2D eigenvalue weighted by Crippen LogP contribution is 2.17. The van der Waals surface area contributed by atoms with Gasteiger partial charge in [0.05, 0.1) is 5.60 Å². The fourth-order valence-corrected chi connectivity index (χ4v) is 1.85. The first-order valence-electron chi connectivity index (χ1n) is 7.17. The third kappa shape index (κ3) is 5.69. The van der Waals surface area contributed by atoms with Crippen LogP contribution in [0.5, 0.6) is 0 Å². The highest BCUT2D eigenvalue weighted by atomic mass is 16.7. The minimum absolute atomic E-state index is 0.260. The number of nitrogens with one attached hydrogen (secondary N) is 1. The highest BCUT2D eigenvalue weighted by Gasteiger charge is 2.17. The lowest BCUT2D eigenvalue weighted by molar-refractivity contribution is -0.0590. The summed E-state index contributed by atoms with van der Waals surface area (Å²) in [5.41, 5.74) is 11.6. The van der Waals surface area contributed by atoms with E-state index in [4.69, 9.17) is 10.6 Å². The van der Waals surface area contributed by atoms with E-state index in [1.807, 2.05) is 32.9 Å². The van der Waals surface area contributed by atoms with Crippen molar-refractivity contribution in [1.29, 1.82) is 0 Å². The van der Waals surface area contributed by atoms with E-state index in [0.29, 0.717) is 12.1 Å². The number of allylic oxidation sites excluding steroid dienone is 2. The van der Waals surface area contributed by atoms with Crippen LogP contribution in [0.25, 0.3) is 0 Å². The number of nitrogens with two attached hydrogens (primary N) is 1. The Kier molecular flexibility index (Phi) is 6.12. The molecule has 0 spiro atoms. The Bertz CT molecular complexity index is 524. The molecule has 0 fully saturated rings. The van der Waals surface area contributed by atoms with Gasteiger partial charge in [0, 0.05) is 12.1 Å². The zero-order valence-electron chi connectivity index (χ0n) is 13.6. The molecule has 1 aromatic rings. The quantitative estimate of drug-likeness (QED) is 0.647. The van der Waals surface area contributed by atoms with Crippen LogP contribution in [-0.4, -0.2) is 11.5 Å². The van der Waals surface area contributed by atoms with Gasteiger partial charge in [0.1, 0.15) is 0 Å². The zero-order chi connectivity index (χ0) is 16.0. The minimum atomic E-state index is -0.432. The fraction of sp³-hybridized carbons (Fsp3) is 0.471. The second kappa shape index (κ2) is 7.38. The number of rotatable bonds is 5. The molecule has 0 heterocycles. The van der Waals surface area contributed by atoms with Gasteiger partial charge in [-0.05, 0) is 58.2 Å². The number of carbonyl (C=O) groups is 1. The van der Waals surface area contributed by atoms with Gasteiger partial charge >= 0.3 is 0 Å². The van der Waals surface area contributed by atoms with E-state index in [1.54, 1.807) is 6.07 Å². The van der Waals surface area contributed by atoms with Crippen molar-refractivity contribution in [2.45, 2.75) is 53.2 Å². The van der Waals surface area contributed by atoms with E-state index in [0.717, 1.165) is 17.5 Å². The Morgan fingerprint density at radius 1 is 1.33 bits per heavy atom. The van der Waals surface area contributed by atoms with Crippen LogP contribution in [0, 0.1) is 0 Å². The zero-order valence-corrected chi connectivity index (χ0v) is 13.6. The predicted octanol–water partition coefficient (Wildman–Crippen LogP) is 3.11. The first kappa shape index (κ1) is 17.4. The number of carbonyl (C=O) groups excluding carboxylic acids is 1. The Morgan fingerprint density at radius 2 is 2.00 bits per heavy atom. The largest absolute Gasteiger partial charge is 0.326 e. The molecule has 1 amide bonds.